The van der Waals surface area contributed by atoms with Gasteiger partial charge < -0.3 is 14.5 Å². The van der Waals surface area contributed by atoms with E-state index in [1.165, 1.54) is 0 Å². The number of halogens is 2. The van der Waals surface area contributed by atoms with Gasteiger partial charge in [-0.25, -0.2) is 0 Å². The number of carbonyl (C=O) groups excluding carboxylic acids is 1. The number of hydrogen-bond acceptors (Lipinski definition) is 4. The molecule has 0 spiro atoms. The molecule has 2 rings (SSSR count). The van der Waals surface area contributed by atoms with Gasteiger partial charge in [-0.15, -0.1) is 0 Å². The van der Waals surface area contributed by atoms with E-state index in [4.69, 9.17) is 27.9 Å². The predicted octanol–water partition coefficient (Wildman–Crippen LogP) is 2.07. The molecule has 110 valence electrons. The van der Waals surface area contributed by atoms with Crippen LogP contribution in [0.5, 0.6) is 0 Å². The average molecular weight is 318 g/mol. The van der Waals surface area contributed by atoms with Crippen LogP contribution in [-0.2, 0) is 9.53 Å². The Balaban J connectivity index is 2.24. The van der Waals surface area contributed by atoms with Crippen molar-refractivity contribution in [1.29, 1.82) is 0 Å². The van der Waals surface area contributed by atoms with Crippen LogP contribution >= 0.6 is 23.2 Å². The Morgan fingerprint density at radius 3 is 2.65 bits per heavy atom. The fourth-order valence-corrected chi connectivity index (χ4v) is 2.95. The molecular weight excluding hydrogens is 301 g/mol. The summed E-state index contributed by atoms with van der Waals surface area (Å²) < 4.78 is 5.68. The van der Waals surface area contributed by atoms with Crippen LogP contribution in [0, 0.1) is 0 Å². The van der Waals surface area contributed by atoms with Crippen LogP contribution in [0.3, 0.4) is 0 Å². The highest BCUT2D eigenvalue weighted by Gasteiger charge is 2.25. The monoisotopic (exact) mass is 317 g/mol. The number of ether oxygens (including phenoxy) is 1. The summed E-state index contributed by atoms with van der Waals surface area (Å²) in [5, 5.41) is 1.01. The minimum Gasteiger partial charge on any atom is -0.375 e. The zero-order valence-corrected chi connectivity index (χ0v) is 12.8. The zero-order chi connectivity index (χ0) is 14.5. The molecule has 0 aliphatic carbocycles. The van der Waals surface area contributed by atoms with E-state index >= 15 is 0 Å². The van der Waals surface area contributed by atoms with Crippen LogP contribution in [-0.4, -0.2) is 55.2 Å². The van der Waals surface area contributed by atoms with Gasteiger partial charge in [0.25, 0.3) is 0 Å². The summed E-state index contributed by atoms with van der Waals surface area (Å²) in [6, 6.07) is 0. The van der Waals surface area contributed by atoms with Gasteiger partial charge in [-0.2, -0.15) is 0 Å². The Morgan fingerprint density at radius 2 is 2.05 bits per heavy atom. The maximum atomic E-state index is 11.0. The molecular formula is C13H17Cl2N3O2. The van der Waals surface area contributed by atoms with Crippen LogP contribution in [0.15, 0.2) is 12.4 Å². The molecule has 1 aromatic rings. The first kappa shape index (κ1) is 15.4. The van der Waals surface area contributed by atoms with Crippen LogP contribution < -0.4 is 4.90 Å². The molecule has 0 aromatic carbocycles. The maximum absolute atomic E-state index is 11.0. The lowest BCUT2D eigenvalue weighted by Gasteiger charge is -2.27. The fraction of sp³-hybridized carbons (Fsp3) is 0.538. The Morgan fingerprint density at radius 1 is 1.35 bits per heavy atom. The molecule has 0 radical (unpaired) electrons. The van der Waals surface area contributed by atoms with E-state index in [-0.39, 0.29) is 6.10 Å². The Labute approximate surface area is 128 Å². The largest absolute Gasteiger partial charge is 0.375 e. The molecule has 5 nitrogen and oxygen atoms in total. The van der Waals surface area contributed by atoms with Crippen molar-refractivity contribution in [3.05, 3.63) is 22.4 Å². The third-order valence-corrected chi connectivity index (χ3v) is 3.77. The van der Waals surface area contributed by atoms with Gasteiger partial charge >= 0.3 is 0 Å². The molecule has 1 unspecified atom stereocenters. The van der Waals surface area contributed by atoms with Gasteiger partial charge in [-0.05, 0) is 6.92 Å². The molecule has 0 bridgehead atoms. The number of anilines is 1. The smallest absolute Gasteiger partial charge is 0.209 e. The van der Waals surface area contributed by atoms with Crippen molar-refractivity contribution in [2.75, 3.05) is 37.7 Å². The van der Waals surface area contributed by atoms with Crippen molar-refractivity contribution in [3.8, 4) is 0 Å². The predicted molar refractivity (Wildman–Crippen MR) is 79.5 cm³/mol. The molecule has 1 atom stereocenters. The zero-order valence-electron chi connectivity index (χ0n) is 11.3. The van der Waals surface area contributed by atoms with E-state index in [0.29, 0.717) is 42.8 Å². The normalized spacial score (nSPS) is 19.9. The van der Waals surface area contributed by atoms with Gasteiger partial charge in [-0.1, -0.05) is 23.2 Å². The summed E-state index contributed by atoms with van der Waals surface area (Å²) in [5.74, 6) is 0. The minimum absolute atomic E-state index is 0.0620. The van der Waals surface area contributed by atoms with Crippen molar-refractivity contribution in [2.45, 2.75) is 13.0 Å². The first-order valence-electron chi connectivity index (χ1n) is 6.50. The van der Waals surface area contributed by atoms with Crippen molar-refractivity contribution in [1.82, 2.24) is 9.88 Å². The lowest BCUT2D eigenvalue weighted by Crippen LogP contribution is -2.35. The number of pyridine rings is 1. The second kappa shape index (κ2) is 7.11. The molecule has 0 N–H and O–H groups in total. The Bertz CT molecular complexity index is 453. The summed E-state index contributed by atoms with van der Waals surface area (Å²) in [6.07, 6.45) is 3.93. The van der Waals surface area contributed by atoms with E-state index < -0.39 is 0 Å². The Hall–Kier alpha value is -1.04. The summed E-state index contributed by atoms with van der Waals surface area (Å²) in [4.78, 5) is 18.8. The number of amides is 1. The molecule has 1 saturated heterocycles. The van der Waals surface area contributed by atoms with E-state index in [1.807, 2.05) is 6.92 Å². The van der Waals surface area contributed by atoms with Gasteiger partial charge in [0.15, 0.2) is 0 Å². The van der Waals surface area contributed by atoms with Crippen LogP contribution in [0.1, 0.15) is 6.92 Å². The standard InChI is InChI=1S/C13H17Cl2N3O2/c1-2-20-10-7-17(9-19)3-4-18(8-10)13-11(14)5-16-6-12(13)15/h5-6,9-10H,2-4,7-8H2,1H3. The van der Waals surface area contributed by atoms with Gasteiger partial charge in [0.05, 0.1) is 21.8 Å². The van der Waals surface area contributed by atoms with Crippen LogP contribution in [0.25, 0.3) is 0 Å². The lowest BCUT2D eigenvalue weighted by molar-refractivity contribution is -0.119. The molecule has 0 saturated carbocycles. The third kappa shape index (κ3) is 3.53. The van der Waals surface area contributed by atoms with E-state index in [0.717, 1.165) is 12.1 Å². The van der Waals surface area contributed by atoms with Gasteiger partial charge in [0.2, 0.25) is 6.41 Å². The average Bonchev–Trinajstić information content (AvgIpc) is 2.61. The second-order valence-electron chi connectivity index (χ2n) is 4.58. The highest BCUT2D eigenvalue weighted by Crippen LogP contribution is 2.33. The molecule has 1 amide bonds. The van der Waals surface area contributed by atoms with Crippen LogP contribution in [0.2, 0.25) is 10.0 Å². The molecule has 7 heteroatoms. The summed E-state index contributed by atoms with van der Waals surface area (Å²) in [6.45, 7) is 5.03. The lowest BCUT2D eigenvalue weighted by atomic mass is 10.3. The number of carbonyl (C=O) groups is 1. The molecule has 20 heavy (non-hydrogen) atoms. The molecule has 1 aliphatic heterocycles. The highest BCUT2D eigenvalue weighted by molar-refractivity contribution is 6.38. The maximum Gasteiger partial charge on any atom is 0.209 e. The SMILES string of the molecule is CCOC1CN(C=O)CCN(c2c(Cl)cncc2Cl)C1. The summed E-state index contributed by atoms with van der Waals surface area (Å²) in [5.41, 5.74) is 0.751. The topological polar surface area (TPSA) is 45.7 Å². The first-order chi connectivity index (χ1) is 9.65. The number of hydrogen-bond donors (Lipinski definition) is 0. The number of rotatable bonds is 4. The van der Waals surface area contributed by atoms with Crippen molar-refractivity contribution in [3.63, 3.8) is 0 Å². The molecule has 1 fully saturated rings. The molecule has 1 aromatic heterocycles. The second-order valence-corrected chi connectivity index (χ2v) is 5.39. The molecule has 2 heterocycles. The van der Waals surface area contributed by atoms with E-state index in [2.05, 4.69) is 9.88 Å². The van der Waals surface area contributed by atoms with Crippen molar-refractivity contribution in [2.24, 2.45) is 0 Å². The minimum atomic E-state index is -0.0620. The number of aromatic nitrogens is 1. The third-order valence-electron chi connectivity index (χ3n) is 3.22. The Kier molecular flexibility index (Phi) is 5.46. The van der Waals surface area contributed by atoms with Crippen molar-refractivity contribution >= 4 is 35.3 Å². The van der Waals surface area contributed by atoms with Gasteiger partial charge in [0.1, 0.15) is 0 Å². The highest BCUT2D eigenvalue weighted by atomic mass is 35.5. The number of nitrogens with zero attached hydrogens (tertiary/aromatic N) is 3. The van der Waals surface area contributed by atoms with Gasteiger partial charge in [0, 0.05) is 45.2 Å². The summed E-state index contributed by atoms with van der Waals surface area (Å²) in [7, 11) is 0. The van der Waals surface area contributed by atoms with Gasteiger partial charge in [-0.3, -0.25) is 9.78 Å². The quantitative estimate of drug-likeness (QED) is 0.798. The van der Waals surface area contributed by atoms with Crippen molar-refractivity contribution < 1.29 is 9.53 Å². The van der Waals surface area contributed by atoms with E-state index in [9.17, 15) is 4.79 Å². The van der Waals surface area contributed by atoms with E-state index in [1.54, 1.807) is 17.3 Å². The molecule has 1 aliphatic rings. The van der Waals surface area contributed by atoms with Crippen LogP contribution in [0.4, 0.5) is 5.69 Å². The fourth-order valence-electron chi connectivity index (χ4n) is 2.34. The first-order valence-corrected chi connectivity index (χ1v) is 7.26. The summed E-state index contributed by atoms with van der Waals surface area (Å²) >= 11 is 12.4.